The Morgan fingerprint density at radius 1 is 1.11 bits per heavy atom. The fourth-order valence-corrected chi connectivity index (χ4v) is 6.35. The summed E-state index contributed by atoms with van der Waals surface area (Å²) < 4.78 is 15.4. The van der Waals surface area contributed by atoms with Gasteiger partial charge in [-0.1, -0.05) is 11.6 Å². The normalized spacial score (nSPS) is 21.9. The molecule has 1 aromatic carbocycles. The van der Waals surface area contributed by atoms with E-state index in [1.54, 1.807) is 0 Å². The van der Waals surface area contributed by atoms with Crippen LogP contribution in [0.4, 0.5) is 10.3 Å². The molecule has 2 aliphatic carbocycles. The number of hydrogen-bond acceptors (Lipinski definition) is 7. The van der Waals surface area contributed by atoms with Crippen molar-refractivity contribution in [3.63, 3.8) is 0 Å². The van der Waals surface area contributed by atoms with Gasteiger partial charge in [0.15, 0.2) is 11.6 Å². The van der Waals surface area contributed by atoms with Crippen molar-refractivity contribution in [3.8, 4) is 11.8 Å². The summed E-state index contributed by atoms with van der Waals surface area (Å²) in [4.78, 5) is 12.7. The number of halogens is 2. The summed E-state index contributed by atoms with van der Waals surface area (Å²) >= 11 is 6.38. The fraction of sp³-hybridized carbons (Fsp3) is 0.480. The predicted octanol–water partition coefficient (Wildman–Crippen LogP) is 3.85. The van der Waals surface area contributed by atoms with Gasteiger partial charge in [-0.25, -0.2) is 14.4 Å². The van der Waals surface area contributed by atoms with Crippen LogP contribution in [-0.2, 0) is 13.1 Å². The fourth-order valence-electron chi connectivity index (χ4n) is 6.15. The molecule has 1 saturated heterocycles. The average molecular weight is 491 g/mol. The highest BCUT2D eigenvalue weighted by atomic mass is 35.5. The largest absolute Gasteiger partial charge is 0.340 e. The minimum Gasteiger partial charge on any atom is -0.340 e. The molecule has 10 heteroatoms. The van der Waals surface area contributed by atoms with E-state index in [0.29, 0.717) is 23.4 Å². The maximum atomic E-state index is 13.1. The quantitative estimate of drug-likeness (QED) is 0.549. The van der Waals surface area contributed by atoms with E-state index in [1.165, 1.54) is 12.4 Å². The molecule has 0 radical (unpaired) electrons. The second-order valence-electron chi connectivity index (χ2n) is 10.8. The maximum Gasteiger partial charge on any atom is 0.225 e. The molecule has 8 nitrogen and oxygen atoms in total. The van der Waals surface area contributed by atoms with E-state index in [9.17, 15) is 9.65 Å². The van der Waals surface area contributed by atoms with Crippen molar-refractivity contribution in [2.24, 2.45) is 10.8 Å². The first-order valence-corrected chi connectivity index (χ1v) is 12.4. The van der Waals surface area contributed by atoms with Crippen LogP contribution >= 0.6 is 11.6 Å². The molecule has 35 heavy (non-hydrogen) atoms. The van der Waals surface area contributed by atoms with Crippen molar-refractivity contribution < 1.29 is 4.39 Å². The number of nitrogens with zero attached hydrogens (tertiary/aromatic N) is 8. The number of rotatable bonds is 4. The van der Waals surface area contributed by atoms with Gasteiger partial charge in [0, 0.05) is 42.5 Å². The minimum absolute atomic E-state index is 0.221. The highest BCUT2D eigenvalue weighted by Crippen LogP contribution is 2.56. The zero-order valence-corrected chi connectivity index (χ0v) is 19.9. The molecule has 4 aliphatic rings. The summed E-state index contributed by atoms with van der Waals surface area (Å²) in [5.41, 5.74) is 2.24. The summed E-state index contributed by atoms with van der Waals surface area (Å²) in [7, 11) is 0. The maximum absolute atomic E-state index is 13.1. The molecule has 0 bridgehead atoms. The predicted molar refractivity (Wildman–Crippen MR) is 126 cm³/mol. The van der Waals surface area contributed by atoms with Crippen LogP contribution in [0.3, 0.4) is 0 Å². The lowest BCUT2D eigenvalue weighted by Crippen LogP contribution is -2.62. The van der Waals surface area contributed by atoms with E-state index >= 15 is 0 Å². The standard InChI is InChI=1S/C25H24ClFN8/c26-18-1-2-20-16(5-18)10-33(13-24(12-28)3-4-24)11-21-31-32-22(35(20)21)17-6-25(7-17)14-34(15-25)23-29-8-19(27)9-30-23/h1-2,5,8-9,17H,3-4,6-7,10-11,13-15H2. The molecular weight excluding hydrogens is 467 g/mol. The summed E-state index contributed by atoms with van der Waals surface area (Å²) in [6.07, 6.45) is 6.43. The first-order chi connectivity index (χ1) is 16.9. The summed E-state index contributed by atoms with van der Waals surface area (Å²) in [5.74, 6) is 2.44. The van der Waals surface area contributed by atoms with Crippen LogP contribution in [-0.4, -0.2) is 49.3 Å². The molecule has 0 atom stereocenters. The van der Waals surface area contributed by atoms with Crippen molar-refractivity contribution in [3.05, 3.63) is 58.6 Å². The molecule has 2 aromatic heterocycles. The first kappa shape index (κ1) is 21.2. The molecule has 0 unspecified atom stereocenters. The molecule has 2 saturated carbocycles. The Morgan fingerprint density at radius 2 is 1.89 bits per heavy atom. The average Bonchev–Trinajstić information content (AvgIpc) is 3.48. The van der Waals surface area contributed by atoms with Crippen molar-refractivity contribution in [1.29, 1.82) is 5.26 Å². The Morgan fingerprint density at radius 3 is 2.60 bits per heavy atom. The molecule has 7 rings (SSSR count). The van der Waals surface area contributed by atoms with Gasteiger partial charge in [-0.2, -0.15) is 5.26 Å². The minimum atomic E-state index is -0.416. The van der Waals surface area contributed by atoms with Gasteiger partial charge >= 0.3 is 0 Å². The van der Waals surface area contributed by atoms with Gasteiger partial charge in [-0.05, 0) is 49.4 Å². The Bertz CT molecular complexity index is 1340. The monoisotopic (exact) mass is 490 g/mol. The van der Waals surface area contributed by atoms with Crippen LogP contribution in [0, 0.1) is 28.0 Å². The van der Waals surface area contributed by atoms with Gasteiger partial charge in [0.25, 0.3) is 0 Å². The number of fused-ring (bicyclic) bond motifs is 3. The van der Waals surface area contributed by atoms with Crippen molar-refractivity contribution in [2.45, 2.75) is 44.7 Å². The van der Waals surface area contributed by atoms with Gasteiger partial charge in [-0.3, -0.25) is 9.47 Å². The van der Waals surface area contributed by atoms with E-state index in [2.05, 4.69) is 46.7 Å². The lowest BCUT2D eigenvalue weighted by atomic mass is 9.57. The lowest BCUT2D eigenvalue weighted by Gasteiger charge is -2.58. The Hall–Kier alpha value is -3.09. The topological polar surface area (TPSA) is 86.8 Å². The Labute approximate surface area is 207 Å². The molecule has 4 heterocycles. The third-order valence-electron chi connectivity index (χ3n) is 8.08. The molecular formula is C25H24ClFN8. The molecule has 1 spiro atoms. The molecule has 2 aliphatic heterocycles. The Balaban J connectivity index is 1.13. The van der Waals surface area contributed by atoms with E-state index in [1.807, 2.05) is 12.1 Å². The second kappa shape index (κ2) is 7.45. The Kier molecular flexibility index (Phi) is 4.52. The zero-order chi connectivity index (χ0) is 23.8. The van der Waals surface area contributed by atoms with E-state index in [-0.39, 0.29) is 10.8 Å². The SMILES string of the molecule is N#CC1(CN2Cc3cc(Cl)ccc3-n3c(nnc3C3CC4(C3)CN(c3ncc(F)cn3)C4)C2)CC1. The van der Waals surface area contributed by atoms with Gasteiger partial charge < -0.3 is 4.90 Å². The number of benzene rings is 1. The van der Waals surface area contributed by atoms with Crippen LogP contribution in [0.1, 0.15) is 48.8 Å². The third kappa shape index (κ3) is 3.50. The van der Waals surface area contributed by atoms with Crippen LogP contribution in [0.25, 0.3) is 5.69 Å². The second-order valence-corrected chi connectivity index (χ2v) is 11.2. The highest BCUT2D eigenvalue weighted by molar-refractivity contribution is 6.30. The van der Waals surface area contributed by atoms with Gasteiger partial charge in [0.1, 0.15) is 5.82 Å². The number of nitriles is 1. The van der Waals surface area contributed by atoms with E-state index in [4.69, 9.17) is 11.6 Å². The smallest absolute Gasteiger partial charge is 0.225 e. The van der Waals surface area contributed by atoms with Crippen molar-refractivity contribution >= 4 is 17.5 Å². The third-order valence-corrected chi connectivity index (χ3v) is 8.31. The van der Waals surface area contributed by atoms with Gasteiger partial charge in [-0.15, -0.1) is 10.2 Å². The number of anilines is 1. The molecule has 178 valence electrons. The summed E-state index contributed by atoms with van der Waals surface area (Å²) in [6.45, 7) is 3.91. The summed E-state index contributed by atoms with van der Waals surface area (Å²) in [5, 5.41) is 19.6. The van der Waals surface area contributed by atoms with Gasteiger partial charge in [0.2, 0.25) is 5.95 Å². The van der Waals surface area contributed by atoms with Crippen LogP contribution in [0.5, 0.6) is 0 Å². The van der Waals surface area contributed by atoms with E-state index < -0.39 is 5.82 Å². The molecule has 3 fully saturated rings. The van der Waals surface area contributed by atoms with Crippen LogP contribution in [0.15, 0.2) is 30.6 Å². The zero-order valence-electron chi connectivity index (χ0n) is 19.2. The van der Waals surface area contributed by atoms with Gasteiger partial charge in [0.05, 0.1) is 36.1 Å². The molecule has 0 N–H and O–H groups in total. The van der Waals surface area contributed by atoms with Crippen LogP contribution < -0.4 is 4.90 Å². The highest BCUT2D eigenvalue weighted by Gasteiger charge is 2.55. The summed E-state index contributed by atoms with van der Waals surface area (Å²) in [6, 6.07) is 8.55. The number of hydrogen-bond donors (Lipinski definition) is 0. The van der Waals surface area contributed by atoms with Crippen molar-refractivity contribution in [1.82, 2.24) is 29.6 Å². The lowest BCUT2D eigenvalue weighted by molar-refractivity contribution is 0.0574. The first-order valence-electron chi connectivity index (χ1n) is 12.0. The molecule has 0 amide bonds. The van der Waals surface area contributed by atoms with E-state index in [0.717, 1.165) is 74.8 Å². The van der Waals surface area contributed by atoms with Crippen LogP contribution in [0.2, 0.25) is 5.02 Å². The van der Waals surface area contributed by atoms with Crippen molar-refractivity contribution in [2.75, 3.05) is 24.5 Å². The molecule has 3 aromatic rings. The number of aromatic nitrogens is 5.